The first-order valence-corrected chi connectivity index (χ1v) is 6.06. The molecule has 0 saturated heterocycles. The molecular weight excluding hydrogens is 257 g/mol. The smallest absolute Gasteiger partial charge is 0.416 e. The van der Waals surface area contributed by atoms with Gasteiger partial charge in [0.25, 0.3) is 0 Å². The summed E-state index contributed by atoms with van der Waals surface area (Å²) in [6.07, 6.45) is -3.80. The van der Waals surface area contributed by atoms with Gasteiger partial charge in [0.15, 0.2) is 11.5 Å². The van der Waals surface area contributed by atoms with Crippen LogP contribution in [0.2, 0.25) is 0 Å². The highest BCUT2D eigenvalue weighted by Gasteiger charge is 2.30. The summed E-state index contributed by atoms with van der Waals surface area (Å²) in [6.45, 7) is 4.71. The van der Waals surface area contributed by atoms with Gasteiger partial charge in [-0.25, -0.2) is 4.98 Å². The van der Waals surface area contributed by atoms with E-state index in [9.17, 15) is 13.2 Å². The molecule has 0 radical (unpaired) electrons. The molecule has 0 saturated carbocycles. The number of rotatable bonds is 4. The minimum Gasteiger partial charge on any atom is -0.441 e. The molecule has 6 heteroatoms. The van der Waals surface area contributed by atoms with Crippen LogP contribution < -0.4 is 5.32 Å². The van der Waals surface area contributed by atoms with E-state index in [1.54, 1.807) is 0 Å². The zero-order valence-corrected chi connectivity index (χ0v) is 10.7. The average molecular weight is 272 g/mol. The molecule has 0 fully saturated rings. The molecule has 3 nitrogen and oxygen atoms in total. The molecule has 0 aliphatic heterocycles. The van der Waals surface area contributed by atoms with Gasteiger partial charge >= 0.3 is 6.18 Å². The first-order chi connectivity index (χ1) is 8.86. The molecule has 0 amide bonds. The van der Waals surface area contributed by atoms with Crippen molar-refractivity contribution in [2.24, 2.45) is 0 Å². The third-order valence-corrected chi connectivity index (χ3v) is 2.65. The molecule has 0 spiro atoms. The Bertz CT molecular complexity index is 561. The Morgan fingerprint density at radius 3 is 2.68 bits per heavy atom. The molecule has 0 aliphatic rings. The van der Waals surface area contributed by atoms with E-state index in [-0.39, 0.29) is 5.52 Å². The van der Waals surface area contributed by atoms with Crippen molar-refractivity contribution in [1.29, 1.82) is 0 Å². The zero-order chi connectivity index (χ0) is 14.0. The van der Waals surface area contributed by atoms with E-state index in [0.29, 0.717) is 30.5 Å². The zero-order valence-electron chi connectivity index (χ0n) is 10.7. The van der Waals surface area contributed by atoms with E-state index >= 15 is 0 Å². The van der Waals surface area contributed by atoms with Gasteiger partial charge in [-0.15, -0.1) is 0 Å². The second kappa shape index (κ2) is 5.21. The van der Waals surface area contributed by atoms with Gasteiger partial charge in [0.05, 0.1) is 5.56 Å². The number of hydrogen-bond donors (Lipinski definition) is 1. The first-order valence-electron chi connectivity index (χ1n) is 6.06. The van der Waals surface area contributed by atoms with Crippen molar-refractivity contribution in [3.05, 3.63) is 29.7 Å². The van der Waals surface area contributed by atoms with Crippen molar-refractivity contribution in [3.63, 3.8) is 0 Å². The van der Waals surface area contributed by atoms with Crippen molar-refractivity contribution in [2.75, 3.05) is 6.54 Å². The summed E-state index contributed by atoms with van der Waals surface area (Å²) in [5.74, 6) is 0.447. The summed E-state index contributed by atoms with van der Waals surface area (Å²) in [5, 5.41) is 3.19. The van der Waals surface area contributed by atoms with Gasteiger partial charge in [-0.05, 0) is 18.2 Å². The van der Waals surface area contributed by atoms with Crippen molar-refractivity contribution in [3.8, 4) is 0 Å². The summed E-state index contributed by atoms with van der Waals surface area (Å²) in [5.41, 5.74) is -0.0814. The van der Waals surface area contributed by atoms with Crippen molar-refractivity contribution in [1.82, 2.24) is 10.3 Å². The first kappa shape index (κ1) is 13.9. The highest BCUT2D eigenvalue weighted by atomic mass is 19.4. The van der Waals surface area contributed by atoms with Crippen LogP contribution in [0.5, 0.6) is 0 Å². The summed E-state index contributed by atoms with van der Waals surface area (Å²) >= 11 is 0. The van der Waals surface area contributed by atoms with Crippen LogP contribution in [0.3, 0.4) is 0 Å². The monoisotopic (exact) mass is 272 g/mol. The number of aromatic nitrogens is 1. The van der Waals surface area contributed by atoms with Gasteiger partial charge in [-0.3, -0.25) is 0 Å². The SMILES string of the molecule is CC(C)NCCc1nc2cc(C(F)(F)F)ccc2o1. The highest BCUT2D eigenvalue weighted by Crippen LogP contribution is 2.31. The van der Waals surface area contributed by atoms with Crippen LogP contribution in [0.4, 0.5) is 13.2 Å². The van der Waals surface area contributed by atoms with Crippen molar-refractivity contribution in [2.45, 2.75) is 32.5 Å². The number of oxazole rings is 1. The Morgan fingerprint density at radius 1 is 1.32 bits per heavy atom. The maximum Gasteiger partial charge on any atom is 0.416 e. The minimum atomic E-state index is -4.35. The third kappa shape index (κ3) is 3.47. The van der Waals surface area contributed by atoms with Gasteiger partial charge in [-0.1, -0.05) is 13.8 Å². The summed E-state index contributed by atoms with van der Waals surface area (Å²) in [4.78, 5) is 4.08. The summed E-state index contributed by atoms with van der Waals surface area (Å²) in [7, 11) is 0. The maximum absolute atomic E-state index is 12.5. The van der Waals surface area contributed by atoms with Gasteiger partial charge in [-0.2, -0.15) is 13.2 Å². The van der Waals surface area contributed by atoms with Crippen LogP contribution in [-0.2, 0) is 12.6 Å². The van der Waals surface area contributed by atoms with Crippen LogP contribution in [0, 0.1) is 0 Å². The van der Waals surface area contributed by atoms with Crippen LogP contribution in [0.1, 0.15) is 25.3 Å². The van der Waals surface area contributed by atoms with Crippen molar-refractivity contribution >= 4 is 11.1 Å². The molecule has 1 N–H and O–H groups in total. The predicted molar refractivity (Wildman–Crippen MR) is 65.9 cm³/mol. The molecule has 2 aromatic rings. The standard InChI is InChI=1S/C13H15F3N2O/c1-8(2)17-6-5-12-18-10-7-9(13(14,15)16)3-4-11(10)19-12/h3-4,7-8,17H,5-6H2,1-2H3. The molecule has 2 rings (SSSR count). The number of hydrogen-bond acceptors (Lipinski definition) is 3. The average Bonchev–Trinajstić information content (AvgIpc) is 2.68. The van der Waals surface area contributed by atoms with Gasteiger partial charge in [0, 0.05) is 19.0 Å². The lowest BCUT2D eigenvalue weighted by Gasteiger charge is -2.04. The van der Waals surface area contributed by atoms with Gasteiger partial charge in [0.1, 0.15) is 5.52 Å². The fourth-order valence-corrected chi connectivity index (χ4v) is 1.73. The highest BCUT2D eigenvalue weighted by molar-refractivity contribution is 5.73. The molecule has 19 heavy (non-hydrogen) atoms. The molecule has 0 unspecified atom stereocenters. The van der Waals surface area contributed by atoms with E-state index in [0.717, 1.165) is 12.1 Å². The lowest BCUT2D eigenvalue weighted by molar-refractivity contribution is -0.137. The van der Waals surface area contributed by atoms with Crippen LogP contribution in [0.15, 0.2) is 22.6 Å². The molecule has 1 aromatic carbocycles. The second-order valence-electron chi connectivity index (χ2n) is 4.65. The summed E-state index contributed by atoms with van der Waals surface area (Å²) in [6, 6.07) is 3.67. The van der Waals surface area contributed by atoms with Crippen LogP contribution >= 0.6 is 0 Å². The Hall–Kier alpha value is -1.56. The molecule has 104 valence electrons. The van der Waals surface area contributed by atoms with Crippen molar-refractivity contribution < 1.29 is 17.6 Å². The van der Waals surface area contributed by atoms with E-state index in [4.69, 9.17) is 4.42 Å². The van der Waals surface area contributed by atoms with Crippen LogP contribution in [-0.4, -0.2) is 17.6 Å². The predicted octanol–water partition coefficient (Wildman–Crippen LogP) is 3.39. The second-order valence-corrected chi connectivity index (χ2v) is 4.65. The topological polar surface area (TPSA) is 38.1 Å². The Labute approximate surface area is 108 Å². The Morgan fingerprint density at radius 2 is 2.05 bits per heavy atom. The fraction of sp³-hybridized carbons (Fsp3) is 0.462. The number of alkyl halides is 3. The van der Waals surface area contributed by atoms with E-state index < -0.39 is 11.7 Å². The quantitative estimate of drug-likeness (QED) is 0.927. The number of nitrogens with zero attached hydrogens (tertiary/aromatic N) is 1. The van der Waals surface area contributed by atoms with E-state index in [1.807, 2.05) is 13.8 Å². The molecule has 0 atom stereocenters. The summed E-state index contributed by atoms with van der Waals surface area (Å²) < 4.78 is 43.0. The number of halogens is 3. The van der Waals surface area contributed by atoms with Gasteiger partial charge in [0.2, 0.25) is 0 Å². The molecule has 0 bridgehead atoms. The van der Waals surface area contributed by atoms with E-state index in [2.05, 4.69) is 10.3 Å². The fourth-order valence-electron chi connectivity index (χ4n) is 1.73. The van der Waals surface area contributed by atoms with Gasteiger partial charge < -0.3 is 9.73 Å². The Kier molecular flexibility index (Phi) is 3.80. The van der Waals surface area contributed by atoms with Crippen LogP contribution in [0.25, 0.3) is 11.1 Å². The molecule has 1 heterocycles. The third-order valence-electron chi connectivity index (χ3n) is 2.65. The minimum absolute atomic E-state index is 0.245. The lowest BCUT2D eigenvalue weighted by Crippen LogP contribution is -2.24. The number of nitrogens with one attached hydrogen (secondary N) is 1. The normalized spacial score (nSPS) is 12.5. The largest absolute Gasteiger partial charge is 0.441 e. The molecular formula is C13H15F3N2O. The number of fused-ring (bicyclic) bond motifs is 1. The molecule has 1 aromatic heterocycles. The number of benzene rings is 1. The van der Waals surface area contributed by atoms with E-state index in [1.165, 1.54) is 6.07 Å². The maximum atomic E-state index is 12.5. The lowest BCUT2D eigenvalue weighted by atomic mass is 10.2. The Balaban J connectivity index is 2.16. The molecule has 0 aliphatic carbocycles.